The van der Waals surface area contributed by atoms with E-state index in [0.717, 1.165) is 47.7 Å². The summed E-state index contributed by atoms with van der Waals surface area (Å²) >= 11 is 5.29. The van der Waals surface area contributed by atoms with Crippen molar-refractivity contribution in [3.63, 3.8) is 0 Å². The van der Waals surface area contributed by atoms with Crippen LogP contribution >= 0.6 is 27.3 Å². The molecule has 7 heteroatoms. The van der Waals surface area contributed by atoms with E-state index in [1.54, 1.807) is 18.4 Å². The highest BCUT2D eigenvalue weighted by Crippen LogP contribution is 2.25. The minimum Gasteiger partial charge on any atom is -0.496 e. The Balaban J connectivity index is 1.90. The molecule has 2 aromatic rings. The first-order valence-corrected chi connectivity index (χ1v) is 10.0. The van der Waals surface area contributed by atoms with E-state index in [1.807, 2.05) is 24.4 Å². The quantitative estimate of drug-likeness (QED) is 0.499. The summed E-state index contributed by atoms with van der Waals surface area (Å²) < 4.78 is 6.20. The van der Waals surface area contributed by atoms with Crippen molar-refractivity contribution in [3.05, 3.63) is 44.3 Å². The van der Waals surface area contributed by atoms with E-state index < -0.39 is 0 Å². The molecule has 1 aromatic carbocycles. The van der Waals surface area contributed by atoms with Gasteiger partial charge in [0.25, 0.3) is 0 Å². The largest absolute Gasteiger partial charge is 0.496 e. The third kappa shape index (κ3) is 6.32. The molecule has 0 fully saturated rings. The highest BCUT2D eigenvalue weighted by molar-refractivity contribution is 9.10. The second-order valence-electron chi connectivity index (χ2n) is 5.41. The number of halogens is 1. The molecule has 25 heavy (non-hydrogen) atoms. The Kier molecular flexibility index (Phi) is 8.21. The summed E-state index contributed by atoms with van der Waals surface area (Å²) in [6.07, 6.45) is 3.93. The lowest BCUT2D eigenvalue weighted by atomic mass is 10.2. The summed E-state index contributed by atoms with van der Waals surface area (Å²) in [5.41, 5.74) is 1.12. The molecule has 1 aromatic heterocycles. The molecule has 0 atom stereocenters. The fraction of sp³-hybridized carbons (Fsp3) is 0.444. The van der Waals surface area contributed by atoms with Gasteiger partial charge in [-0.15, -0.1) is 11.3 Å². The number of methoxy groups -OCH3 is 1. The minimum absolute atomic E-state index is 0.606. The van der Waals surface area contributed by atoms with Crippen molar-refractivity contribution in [2.75, 3.05) is 20.2 Å². The van der Waals surface area contributed by atoms with Gasteiger partial charge in [0.2, 0.25) is 0 Å². The van der Waals surface area contributed by atoms with Crippen LogP contribution in [0.3, 0.4) is 0 Å². The summed E-state index contributed by atoms with van der Waals surface area (Å²) in [6.45, 7) is 6.47. The third-order valence-electron chi connectivity index (χ3n) is 3.56. The van der Waals surface area contributed by atoms with Gasteiger partial charge >= 0.3 is 0 Å². The van der Waals surface area contributed by atoms with Gasteiger partial charge < -0.3 is 15.4 Å². The first-order chi connectivity index (χ1) is 12.2. The number of rotatable bonds is 8. The molecule has 0 aliphatic heterocycles. The van der Waals surface area contributed by atoms with Gasteiger partial charge in [-0.25, -0.2) is 9.98 Å². The number of nitrogens with zero attached hydrogens (tertiary/aromatic N) is 2. The van der Waals surface area contributed by atoms with E-state index in [2.05, 4.69) is 50.4 Å². The molecule has 0 radical (unpaired) electrons. The fourth-order valence-electron chi connectivity index (χ4n) is 2.24. The van der Waals surface area contributed by atoms with E-state index >= 15 is 0 Å². The van der Waals surface area contributed by atoms with Crippen LogP contribution in [0.1, 0.15) is 29.3 Å². The number of aromatic nitrogens is 1. The zero-order chi connectivity index (χ0) is 18.1. The van der Waals surface area contributed by atoms with E-state index in [4.69, 9.17) is 4.74 Å². The van der Waals surface area contributed by atoms with Gasteiger partial charge in [-0.1, -0.05) is 13.0 Å². The second kappa shape index (κ2) is 10.4. The molecule has 0 aliphatic carbocycles. The summed E-state index contributed by atoms with van der Waals surface area (Å²) in [6, 6.07) is 6.01. The highest BCUT2D eigenvalue weighted by atomic mass is 79.9. The number of aryl methyl sites for hydroxylation is 1. The number of hydrogen-bond acceptors (Lipinski definition) is 4. The third-order valence-corrected chi connectivity index (χ3v) is 5.38. The summed E-state index contributed by atoms with van der Waals surface area (Å²) in [7, 11) is 1.66. The average molecular weight is 425 g/mol. The number of aliphatic imine (C=N–C) groups is 1. The predicted molar refractivity (Wildman–Crippen MR) is 109 cm³/mol. The normalized spacial score (nSPS) is 11.4. The predicted octanol–water partition coefficient (Wildman–Crippen LogP) is 3.77. The second-order valence-corrected chi connectivity index (χ2v) is 7.47. The standard InChI is InChI=1S/C18H25BrN4OS/c1-4-14-12-22-17(25-14)8-9-21-18(20-5-2)23-11-13-6-7-16(24-3)15(19)10-13/h6-7,10,12H,4-5,8-9,11H2,1-3H3,(H2,20,21,23). The number of ether oxygens (including phenoxy) is 1. The first-order valence-electron chi connectivity index (χ1n) is 8.44. The summed E-state index contributed by atoms with van der Waals surface area (Å²) in [4.78, 5) is 10.4. The van der Waals surface area contributed by atoms with Crippen molar-refractivity contribution in [3.8, 4) is 5.75 Å². The van der Waals surface area contributed by atoms with Crippen LogP contribution in [0.2, 0.25) is 0 Å². The van der Waals surface area contributed by atoms with Crippen LogP contribution in [-0.4, -0.2) is 31.1 Å². The van der Waals surface area contributed by atoms with Gasteiger partial charge in [0, 0.05) is 30.6 Å². The SMILES string of the molecule is CCNC(=NCc1ccc(OC)c(Br)c1)NCCc1ncc(CC)s1. The molecule has 0 spiro atoms. The zero-order valence-electron chi connectivity index (χ0n) is 14.9. The molecule has 0 saturated heterocycles. The Labute approximate surface area is 162 Å². The molecule has 2 N–H and O–H groups in total. The Bertz CT molecular complexity index is 702. The minimum atomic E-state index is 0.606. The van der Waals surface area contributed by atoms with Crippen molar-refractivity contribution in [1.29, 1.82) is 0 Å². The highest BCUT2D eigenvalue weighted by Gasteiger charge is 2.04. The maximum Gasteiger partial charge on any atom is 0.191 e. The number of thiazole rings is 1. The molecule has 1 heterocycles. The first kappa shape index (κ1) is 19.7. The van der Waals surface area contributed by atoms with Crippen LogP contribution in [0.15, 0.2) is 33.9 Å². The van der Waals surface area contributed by atoms with Crippen LogP contribution in [-0.2, 0) is 19.4 Å². The van der Waals surface area contributed by atoms with Crippen LogP contribution in [0.4, 0.5) is 0 Å². The summed E-state index contributed by atoms with van der Waals surface area (Å²) in [5, 5.41) is 7.82. The maximum atomic E-state index is 5.26. The van der Waals surface area contributed by atoms with Crippen LogP contribution in [0.5, 0.6) is 5.75 Å². The molecular formula is C18H25BrN4OS. The molecular weight excluding hydrogens is 400 g/mol. The number of benzene rings is 1. The molecule has 0 unspecified atom stereocenters. The molecule has 0 aliphatic rings. The Morgan fingerprint density at radius 2 is 2.16 bits per heavy atom. The Morgan fingerprint density at radius 1 is 1.32 bits per heavy atom. The van der Waals surface area contributed by atoms with Crippen LogP contribution < -0.4 is 15.4 Å². The van der Waals surface area contributed by atoms with E-state index in [1.165, 1.54) is 9.88 Å². The average Bonchev–Trinajstić information content (AvgIpc) is 3.08. The van der Waals surface area contributed by atoms with Crippen LogP contribution in [0, 0.1) is 0 Å². The van der Waals surface area contributed by atoms with Gasteiger partial charge in [0.15, 0.2) is 5.96 Å². The number of guanidine groups is 1. The van der Waals surface area contributed by atoms with Crippen LogP contribution in [0.25, 0.3) is 0 Å². The van der Waals surface area contributed by atoms with Crippen molar-refractivity contribution >= 4 is 33.2 Å². The molecule has 0 amide bonds. The summed E-state index contributed by atoms with van der Waals surface area (Å²) in [5.74, 6) is 1.65. The van der Waals surface area contributed by atoms with E-state index in [-0.39, 0.29) is 0 Å². The maximum absolute atomic E-state index is 5.26. The van der Waals surface area contributed by atoms with Gasteiger partial charge in [-0.3, -0.25) is 0 Å². The molecule has 0 saturated carbocycles. The molecule has 136 valence electrons. The van der Waals surface area contributed by atoms with Crippen molar-refractivity contribution < 1.29 is 4.74 Å². The smallest absolute Gasteiger partial charge is 0.191 e. The number of hydrogen-bond donors (Lipinski definition) is 2. The van der Waals surface area contributed by atoms with Gasteiger partial charge in [-0.2, -0.15) is 0 Å². The lowest BCUT2D eigenvalue weighted by molar-refractivity contribution is 0.412. The lowest BCUT2D eigenvalue weighted by Crippen LogP contribution is -2.38. The van der Waals surface area contributed by atoms with Crippen molar-refractivity contribution in [2.24, 2.45) is 4.99 Å². The van der Waals surface area contributed by atoms with E-state index in [0.29, 0.717) is 6.54 Å². The topological polar surface area (TPSA) is 58.5 Å². The monoisotopic (exact) mass is 424 g/mol. The van der Waals surface area contributed by atoms with Gasteiger partial charge in [0.05, 0.1) is 23.1 Å². The molecule has 0 bridgehead atoms. The molecule has 5 nitrogen and oxygen atoms in total. The van der Waals surface area contributed by atoms with E-state index in [9.17, 15) is 0 Å². The fourth-order valence-corrected chi connectivity index (χ4v) is 3.69. The van der Waals surface area contributed by atoms with Gasteiger partial charge in [0.1, 0.15) is 5.75 Å². The zero-order valence-corrected chi connectivity index (χ0v) is 17.3. The number of nitrogens with one attached hydrogen (secondary N) is 2. The van der Waals surface area contributed by atoms with Crippen molar-refractivity contribution in [1.82, 2.24) is 15.6 Å². The Hall–Kier alpha value is -1.60. The molecule has 2 rings (SSSR count). The van der Waals surface area contributed by atoms with Crippen molar-refractivity contribution in [2.45, 2.75) is 33.2 Å². The Morgan fingerprint density at radius 3 is 2.80 bits per heavy atom. The van der Waals surface area contributed by atoms with Gasteiger partial charge in [-0.05, 0) is 47.0 Å². The lowest BCUT2D eigenvalue weighted by Gasteiger charge is -2.11.